The molecule has 0 aromatic heterocycles. The molecule has 0 saturated carbocycles. The van der Waals surface area contributed by atoms with Crippen LogP contribution >= 0.6 is 0 Å². The molecule has 1 aliphatic rings. The Balaban J connectivity index is 1.86. The van der Waals surface area contributed by atoms with Crippen LogP contribution in [0.4, 0.5) is 0 Å². The molecule has 0 N–H and O–H groups in total. The van der Waals surface area contributed by atoms with Crippen LogP contribution in [0.5, 0.6) is 0 Å². The summed E-state index contributed by atoms with van der Waals surface area (Å²) in [7, 11) is 0. The minimum Gasteiger partial charge on any atom is -0.463 e. The summed E-state index contributed by atoms with van der Waals surface area (Å²) in [5.41, 5.74) is 0. The van der Waals surface area contributed by atoms with Crippen LogP contribution in [0.25, 0.3) is 0 Å². The van der Waals surface area contributed by atoms with E-state index in [0.29, 0.717) is 13.0 Å². The van der Waals surface area contributed by atoms with Gasteiger partial charge in [-0.3, -0.25) is 4.79 Å². The van der Waals surface area contributed by atoms with E-state index < -0.39 is 0 Å². The second-order valence-corrected chi connectivity index (χ2v) is 4.28. The number of ether oxygens (including phenoxy) is 2. The molecule has 1 atom stereocenters. The van der Waals surface area contributed by atoms with Crippen LogP contribution in [0.3, 0.4) is 0 Å². The number of unbranched alkanes of at least 4 members (excludes halogenated alkanes) is 1. The Bertz CT molecular complexity index is 173. The van der Waals surface area contributed by atoms with Gasteiger partial charge in [-0.1, -0.05) is 26.7 Å². The van der Waals surface area contributed by atoms with Crippen LogP contribution < -0.4 is 0 Å². The quantitative estimate of drug-likeness (QED) is 0.359. The van der Waals surface area contributed by atoms with Gasteiger partial charge in [-0.25, -0.2) is 0 Å². The average molecular weight is 200 g/mol. The lowest BCUT2D eigenvalue weighted by atomic mass is 10.1. The minimum atomic E-state index is -0.0794. The summed E-state index contributed by atoms with van der Waals surface area (Å²) in [6.07, 6.45) is 4.00. The zero-order valence-corrected chi connectivity index (χ0v) is 9.12. The number of rotatable bonds is 7. The zero-order valence-electron chi connectivity index (χ0n) is 9.12. The molecule has 82 valence electrons. The van der Waals surface area contributed by atoms with Gasteiger partial charge < -0.3 is 9.47 Å². The first-order valence-electron chi connectivity index (χ1n) is 5.45. The highest BCUT2D eigenvalue weighted by Gasteiger charge is 2.23. The molecule has 1 rings (SSSR count). The second kappa shape index (κ2) is 6.02. The fourth-order valence-corrected chi connectivity index (χ4v) is 1.24. The van der Waals surface area contributed by atoms with Crippen molar-refractivity contribution in [2.24, 2.45) is 5.92 Å². The molecule has 0 aromatic rings. The van der Waals surface area contributed by atoms with Crippen molar-refractivity contribution in [3.63, 3.8) is 0 Å². The van der Waals surface area contributed by atoms with Crippen molar-refractivity contribution < 1.29 is 14.3 Å². The number of hydrogen-bond donors (Lipinski definition) is 0. The number of carbonyl (C=O) groups is 1. The van der Waals surface area contributed by atoms with Gasteiger partial charge in [0.2, 0.25) is 0 Å². The van der Waals surface area contributed by atoms with Crippen molar-refractivity contribution in [2.45, 2.75) is 45.6 Å². The Hall–Kier alpha value is -0.570. The normalized spacial score (nSPS) is 19.8. The van der Waals surface area contributed by atoms with Gasteiger partial charge in [0, 0.05) is 6.42 Å². The number of epoxide rings is 1. The highest BCUT2D eigenvalue weighted by atomic mass is 16.6. The van der Waals surface area contributed by atoms with Crippen molar-refractivity contribution in [1.82, 2.24) is 0 Å². The molecule has 0 amide bonds. The monoisotopic (exact) mass is 200 g/mol. The van der Waals surface area contributed by atoms with Gasteiger partial charge in [0.25, 0.3) is 0 Å². The summed E-state index contributed by atoms with van der Waals surface area (Å²) in [5, 5.41) is 0. The van der Waals surface area contributed by atoms with Crippen molar-refractivity contribution in [3.8, 4) is 0 Å². The summed E-state index contributed by atoms with van der Waals surface area (Å²) in [5.74, 6) is 0.648. The van der Waals surface area contributed by atoms with Crippen LogP contribution in [0, 0.1) is 5.92 Å². The van der Waals surface area contributed by atoms with Gasteiger partial charge in [-0.2, -0.15) is 0 Å². The summed E-state index contributed by atoms with van der Waals surface area (Å²) < 4.78 is 9.95. The molecule has 3 heteroatoms. The molecule has 0 aromatic carbocycles. The van der Waals surface area contributed by atoms with Gasteiger partial charge in [0.05, 0.1) is 6.61 Å². The average Bonchev–Trinajstić information content (AvgIpc) is 2.92. The predicted molar refractivity (Wildman–Crippen MR) is 54.0 cm³/mol. The topological polar surface area (TPSA) is 38.8 Å². The van der Waals surface area contributed by atoms with Gasteiger partial charge in [0.15, 0.2) is 0 Å². The van der Waals surface area contributed by atoms with Crippen LogP contribution in [0.2, 0.25) is 0 Å². The third kappa shape index (κ3) is 5.97. The summed E-state index contributed by atoms with van der Waals surface area (Å²) in [6.45, 7) is 5.59. The van der Waals surface area contributed by atoms with E-state index in [-0.39, 0.29) is 12.1 Å². The Morgan fingerprint density at radius 1 is 1.50 bits per heavy atom. The van der Waals surface area contributed by atoms with Gasteiger partial charge in [-0.05, 0) is 12.3 Å². The molecule has 1 aliphatic heterocycles. The highest BCUT2D eigenvalue weighted by Crippen LogP contribution is 2.11. The zero-order chi connectivity index (χ0) is 10.4. The van der Waals surface area contributed by atoms with Crippen LogP contribution in [-0.4, -0.2) is 25.3 Å². The Kier molecular flexibility index (Phi) is 4.94. The molecule has 1 unspecified atom stereocenters. The molecule has 0 aliphatic carbocycles. The van der Waals surface area contributed by atoms with Crippen LogP contribution in [-0.2, 0) is 14.3 Å². The lowest BCUT2D eigenvalue weighted by Gasteiger charge is -2.04. The molecular weight excluding hydrogens is 180 g/mol. The minimum absolute atomic E-state index is 0.0794. The smallest absolute Gasteiger partial charge is 0.305 e. The van der Waals surface area contributed by atoms with Crippen LogP contribution in [0.15, 0.2) is 0 Å². The molecule has 3 nitrogen and oxygen atoms in total. The van der Waals surface area contributed by atoms with Gasteiger partial charge in [0.1, 0.15) is 12.7 Å². The summed E-state index contributed by atoms with van der Waals surface area (Å²) in [6, 6.07) is 0. The first-order valence-corrected chi connectivity index (χ1v) is 5.45. The van der Waals surface area contributed by atoms with Crippen molar-refractivity contribution >= 4 is 5.97 Å². The number of carbonyl (C=O) groups excluding carboxylic acids is 1. The molecule has 1 saturated heterocycles. The van der Waals surface area contributed by atoms with E-state index in [1.165, 1.54) is 6.42 Å². The Morgan fingerprint density at radius 2 is 2.21 bits per heavy atom. The van der Waals surface area contributed by atoms with E-state index in [0.717, 1.165) is 25.4 Å². The highest BCUT2D eigenvalue weighted by molar-refractivity contribution is 5.69. The van der Waals surface area contributed by atoms with Gasteiger partial charge in [-0.15, -0.1) is 0 Å². The van der Waals surface area contributed by atoms with E-state index >= 15 is 0 Å². The molecule has 0 bridgehead atoms. The predicted octanol–water partition coefficient (Wildman–Crippen LogP) is 2.14. The molecule has 0 spiro atoms. The summed E-state index contributed by atoms with van der Waals surface area (Å²) in [4.78, 5) is 11.1. The Labute approximate surface area is 85.8 Å². The lowest BCUT2D eigenvalue weighted by molar-refractivity contribution is -0.144. The number of hydrogen-bond acceptors (Lipinski definition) is 3. The maximum absolute atomic E-state index is 11.1. The third-order valence-electron chi connectivity index (χ3n) is 2.24. The Morgan fingerprint density at radius 3 is 2.79 bits per heavy atom. The SMILES string of the molecule is CC(C)CCCCC(=O)OCC1CO1. The van der Waals surface area contributed by atoms with Crippen LogP contribution in [0.1, 0.15) is 39.5 Å². The largest absolute Gasteiger partial charge is 0.463 e. The molecular formula is C11H20O3. The van der Waals surface area contributed by atoms with E-state index in [9.17, 15) is 4.79 Å². The number of esters is 1. The first kappa shape index (κ1) is 11.5. The van der Waals surface area contributed by atoms with Crippen molar-refractivity contribution in [3.05, 3.63) is 0 Å². The standard InChI is InChI=1S/C11H20O3/c1-9(2)5-3-4-6-11(12)14-8-10-7-13-10/h9-10H,3-8H2,1-2H3. The molecule has 1 fully saturated rings. The van der Waals surface area contributed by atoms with E-state index in [2.05, 4.69) is 13.8 Å². The van der Waals surface area contributed by atoms with E-state index in [4.69, 9.17) is 9.47 Å². The fourth-order valence-electron chi connectivity index (χ4n) is 1.24. The first-order chi connectivity index (χ1) is 6.68. The third-order valence-corrected chi connectivity index (χ3v) is 2.24. The molecule has 14 heavy (non-hydrogen) atoms. The van der Waals surface area contributed by atoms with E-state index in [1.54, 1.807) is 0 Å². The van der Waals surface area contributed by atoms with Gasteiger partial charge >= 0.3 is 5.97 Å². The maximum Gasteiger partial charge on any atom is 0.305 e. The van der Waals surface area contributed by atoms with E-state index in [1.807, 2.05) is 0 Å². The lowest BCUT2D eigenvalue weighted by Crippen LogP contribution is -2.09. The molecule has 1 heterocycles. The fraction of sp³-hybridized carbons (Fsp3) is 0.909. The van der Waals surface area contributed by atoms with Crippen molar-refractivity contribution in [1.29, 1.82) is 0 Å². The second-order valence-electron chi connectivity index (χ2n) is 4.28. The maximum atomic E-state index is 11.1. The summed E-state index contributed by atoms with van der Waals surface area (Å²) >= 11 is 0. The molecule has 0 radical (unpaired) electrons. The van der Waals surface area contributed by atoms with Crippen molar-refractivity contribution in [2.75, 3.05) is 13.2 Å².